The largest absolute Gasteiger partial charge is 0.452 e. The molecule has 0 saturated carbocycles. The summed E-state index contributed by atoms with van der Waals surface area (Å²) >= 11 is 5.89. The van der Waals surface area contributed by atoms with Gasteiger partial charge in [0.2, 0.25) is 10.0 Å². The molecule has 2 aromatic carbocycles. The number of hydrogen-bond acceptors (Lipinski definition) is 5. The first-order chi connectivity index (χ1) is 12.7. The second-order valence-corrected chi connectivity index (χ2v) is 7.81. The van der Waals surface area contributed by atoms with E-state index < -0.39 is 28.5 Å². The van der Waals surface area contributed by atoms with Gasteiger partial charge < -0.3 is 10.1 Å². The van der Waals surface area contributed by atoms with E-state index in [2.05, 4.69) is 10.0 Å². The molecular formula is C18H19ClN2O5S. The molecular weight excluding hydrogens is 392 g/mol. The zero-order valence-electron chi connectivity index (χ0n) is 14.8. The first-order valence-electron chi connectivity index (χ1n) is 8.06. The monoisotopic (exact) mass is 410 g/mol. The van der Waals surface area contributed by atoms with Gasteiger partial charge in [0.15, 0.2) is 6.61 Å². The van der Waals surface area contributed by atoms with Crippen molar-refractivity contribution in [1.82, 2.24) is 4.72 Å². The Balaban J connectivity index is 1.95. The lowest BCUT2D eigenvalue weighted by molar-refractivity contribution is -0.119. The maximum Gasteiger partial charge on any atom is 0.338 e. The molecule has 0 aliphatic heterocycles. The Morgan fingerprint density at radius 2 is 1.78 bits per heavy atom. The molecule has 7 nitrogen and oxygen atoms in total. The van der Waals surface area contributed by atoms with Gasteiger partial charge in [-0.05, 0) is 48.9 Å². The topological polar surface area (TPSA) is 102 Å². The fourth-order valence-electron chi connectivity index (χ4n) is 2.17. The lowest BCUT2D eigenvalue weighted by Crippen LogP contribution is -2.23. The highest BCUT2D eigenvalue weighted by Gasteiger charge is 2.15. The van der Waals surface area contributed by atoms with Crippen molar-refractivity contribution >= 4 is 39.2 Å². The fourth-order valence-corrected chi connectivity index (χ4v) is 3.39. The standard InChI is InChI=1S/C18H19ClN2O5S/c1-3-20-27(24,25)15-8-5-13(6-9-15)18(23)26-11-17(22)21-16-10-14(19)7-4-12(16)2/h4-10,20H,3,11H2,1-2H3,(H,21,22). The molecule has 0 spiro atoms. The second-order valence-electron chi connectivity index (χ2n) is 5.61. The van der Waals surface area contributed by atoms with Crippen LogP contribution in [0, 0.1) is 6.92 Å². The van der Waals surface area contributed by atoms with Gasteiger partial charge in [-0.1, -0.05) is 24.6 Å². The predicted octanol–water partition coefficient (Wildman–Crippen LogP) is 2.74. The number of halogens is 1. The lowest BCUT2D eigenvalue weighted by Gasteiger charge is -2.10. The van der Waals surface area contributed by atoms with Crippen LogP contribution >= 0.6 is 11.6 Å². The lowest BCUT2D eigenvalue weighted by atomic mass is 10.2. The van der Waals surface area contributed by atoms with Crippen LogP contribution < -0.4 is 10.0 Å². The number of benzene rings is 2. The Morgan fingerprint density at radius 1 is 1.11 bits per heavy atom. The molecule has 0 aliphatic rings. The van der Waals surface area contributed by atoms with Crippen molar-refractivity contribution in [2.75, 3.05) is 18.5 Å². The Bertz CT molecular complexity index is 943. The number of esters is 1. The van der Waals surface area contributed by atoms with Crippen molar-refractivity contribution in [2.45, 2.75) is 18.7 Å². The summed E-state index contributed by atoms with van der Waals surface area (Å²) in [4.78, 5) is 24.0. The van der Waals surface area contributed by atoms with Gasteiger partial charge >= 0.3 is 5.97 Å². The average Bonchev–Trinajstić information content (AvgIpc) is 2.63. The summed E-state index contributed by atoms with van der Waals surface area (Å²) in [6.45, 7) is 3.25. The molecule has 0 atom stereocenters. The van der Waals surface area contributed by atoms with Crippen LogP contribution in [0.2, 0.25) is 5.02 Å². The van der Waals surface area contributed by atoms with Crippen molar-refractivity contribution in [2.24, 2.45) is 0 Å². The molecule has 0 unspecified atom stereocenters. The van der Waals surface area contributed by atoms with Crippen molar-refractivity contribution in [3.8, 4) is 0 Å². The van der Waals surface area contributed by atoms with Crippen LogP contribution in [0.5, 0.6) is 0 Å². The van der Waals surface area contributed by atoms with E-state index in [1.54, 1.807) is 32.0 Å². The normalized spacial score (nSPS) is 11.1. The molecule has 0 fully saturated rings. The first-order valence-corrected chi connectivity index (χ1v) is 9.92. The maximum atomic E-state index is 12.0. The van der Waals surface area contributed by atoms with E-state index in [0.717, 1.165) is 5.56 Å². The fraction of sp³-hybridized carbons (Fsp3) is 0.222. The summed E-state index contributed by atoms with van der Waals surface area (Å²) in [7, 11) is -3.60. The number of ether oxygens (including phenoxy) is 1. The molecule has 0 aliphatic carbocycles. The summed E-state index contributed by atoms with van der Waals surface area (Å²) in [5, 5.41) is 3.09. The minimum Gasteiger partial charge on any atom is -0.452 e. The molecule has 2 rings (SSSR count). The number of hydrogen-bond donors (Lipinski definition) is 2. The SMILES string of the molecule is CCNS(=O)(=O)c1ccc(C(=O)OCC(=O)Nc2cc(Cl)ccc2C)cc1. The molecule has 0 saturated heterocycles. The Labute approximate surface area is 162 Å². The van der Waals surface area contributed by atoms with Crippen molar-refractivity contribution in [3.05, 3.63) is 58.6 Å². The molecule has 0 radical (unpaired) electrons. The quantitative estimate of drug-likeness (QED) is 0.683. The molecule has 1 amide bonds. The molecule has 27 heavy (non-hydrogen) atoms. The van der Waals surface area contributed by atoms with E-state index in [9.17, 15) is 18.0 Å². The molecule has 2 aromatic rings. The van der Waals surface area contributed by atoms with Crippen LogP contribution in [0.4, 0.5) is 5.69 Å². The van der Waals surface area contributed by atoms with Crippen LogP contribution in [0.3, 0.4) is 0 Å². The Kier molecular flexibility index (Phi) is 6.95. The third-order valence-electron chi connectivity index (χ3n) is 3.54. The molecule has 0 heterocycles. The molecule has 0 bridgehead atoms. The highest BCUT2D eigenvalue weighted by molar-refractivity contribution is 7.89. The number of sulfonamides is 1. The summed E-state index contributed by atoms with van der Waals surface area (Å²) in [6.07, 6.45) is 0. The van der Waals surface area contributed by atoms with Gasteiger partial charge in [0.1, 0.15) is 0 Å². The van der Waals surface area contributed by atoms with Gasteiger partial charge in [-0.25, -0.2) is 17.9 Å². The number of carbonyl (C=O) groups excluding carboxylic acids is 2. The van der Waals surface area contributed by atoms with E-state index >= 15 is 0 Å². The highest BCUT2D eigenvalue weighted by atomic mass is 35.5. The number of nitrogens with one attached hydrogen (secondary N) is 2. The Hall–Kier alpha value is -2.42. The van der Waals surface area contributed by atoms with Crippen molar-refractivity contribution in [1.29, 1.82) is 0 Å². The van der Waals surface area contributed by atoms with Crippen LogP contribution in [0.1, 0.15) is 22.8 Å². The van der Waals surface area contributed by atoms with Crippen LogP contribution in [-0.4, -0.2) is 33.4 Å². The van der Waals surface area contributed by atoms with Crippen LogP contribution in [0.25, 0.3) is 0 Å². The number of carbonyl (C=O) groups is 2. The smallest absolute Gasteiger partial charge is 0.338 e. The highest BCUT2D eigenvalue weighted by Crippen LogP contribution is 2.20. The number of anilines is 1. The van der Waals surface area contributed by atoms with Gasteiger partial charge in [0.05, 0.1) is 10.5 Å². The third kappa shape index (κ3) is 5.78. The summed E-state index contributed by atoms with van der Waals surface area (Å²) in [6, 6.07) is 10.3. The summed E-state index contributed by atoms with van der Waals surface area (Å²) in [5.74, 6) is -1.25. The second kappa shape index (κ2) is 8.98. The van der Waals surface area contributed by atoms with E-state index in [4.69, 9.17) is 16.3 Å². The van der Waals surface area contributed by atoms with Gasteiger partial charge in [-0.15, -0.1) is 0 Å². The maximum absolute atomic E-state index is 12.0. The number of aryl methyl sites for hydroxylation is 1. The van der Waals surface area contributed by atoms with Crippen LogP contribution in [0.15, 0.2) is 47.4 Å². The van der Waals surface area contributed by atoms with E-state index in [1.165, 1.54) is 24.3 Å². The first kappa shape index (κ1) is 20.9. The zero-order valence-corrected chi connectivity index (χ0v) is 16.4. The van der Waals surface area contributed by atoms with Crippen LogP contribution in [-0.2, 0) is 19.6 Å². The molecule has 2 N–H and O–H groups in total. The zero-order chi connectivity index (χ0) is 20.0. The van der Waals surface area contributed by atoms with Gasteiger partial charge in [-0.2, -0.15) is 0 Å². The Morgan fingerprint density at radius 3 is 2.41 bits per heavy atom. The third-order valence-corrected chi connectivity index (χ3v) is 5.34. The van der Waals surface area contributed by atoms with E-state index in [-0.39, 0.29) is 17.0 Å². The van der Waals surface area contributed by atoms with Crippen molar-refractivity contribution < 1.29 is 22.7 Å². The van der Waals surface area contributed by atoms with Gasteiger partial charge in [0, 0.05) is 17.3 Å². The van der Waals surface area contributed by atoms with Crippen molar-refractivity contribution in [3.63, 3.8) is 0 Å². The van der Waals surface area contributed by atoms with Gasteiger partial charge in [0.25, 0.3) is 5.91 Å². The molecule has 144 valence electrons. The van der Waals surface area contributed by atoms with E-state index in [1.807, 2.05) is 0 Å². The summed E-state index contributed by atoms with van der Waals surface area (Å²) < 4.78 is 31.0. The molecule has 9 heteroatoms. The minimum atomic E-state index is -3.60. The van der Waals surface area contributed by atoms with E-state index in [0.29, 0.717) is 10.7 Å². The minimum absolute atomic E-state index is 0.0371. The molecule has 0 aromatic heterocycles. The number of rotatable bonds is 7. The van der Waals surface area contributed by atoms with Gasteiger partial charge in [-0.3, -0.25) is 4.79 Å². The number of amides is 1. The summed E-state index contributed by atoms with van der Waals surface area (Å²) in [5.41, 5.74) is 1.48. The predicted molar refractivity (Wildman–Crippen MR) is 102 cm³/mol. The average molecular weight is 411 g/mol.